The molecular weight excluding hydrogens is 286 g/mol. The van der Waals surface area contributed by atoms with Crippen molar-refractivity contribution in [2.45, 2.75) is 43.1 Å². The van der Waals surface area contributed by atoms with Crippen molar-refractivity contribution >= 4 is 33.3 Å². The molecule has 0 spiro atoms. The summed E-state index contributed by atoms with van der Waals surface area (Å²) in [6.07, 6.45) is 0.808. The molecule has 1 N–H and O–H groups in total. The number of thiazole rings is 1. The molecule has 2 aromatic rings. The van der Waals surface area contributed by atoms with Crippen LogP contribution in [0.15, 0.2) is 28.6 Å². The summed E-state index contributed by atoms with van der Waals surface area (Å²) in [5.74, 6) is 0.892. The van der Waals surface area contributed by atoms with Crippen molar-refractivity contribution in [3.63, 3.8) is 0 Å². The third-order valence-electron chi connectivity index (χ3n) is 2.96. The van der Waals surface area contributed by atoms with Crippen LogP contribution in [0.4, 0.5) is 0 Å². The number of hydrogen-bond donors (Lipinski definition) is 1. The first-order chi connectivity index (χ1) is 9.52. The second-order valence-corrected chi connectivity index (χ2v) is 7.66. The molecule has 0 bridgehead atoms. The van der Waals surface area contributed by atoms with Gasteiger partial charge in [-0.15, -0.1) is 11.3 Å². The van der Waals surface area contributed by atoms with Gasteiger partial charge in [-0.2, -0.15) is 5.26 Å². The van der Waals surface area contributed by atoms with Gasteiger partial charge in [0.05, 0.1) is 16.3 Å². The molecule has 106 valence electrons. The zero-order valence-electron chi connectivity index (χ0n) is 12.0. The van der Waals surface area contributed by atoms with Gasteiger partial charge in [0, 0.05) is 11.8 Å². The van der Waals surface area contributed by atoms with Crippen molar-refractivity contribution < 1.29 is 0 Å². The normalized spacial score (nSPS) is 14.3. The topological polar surface area (TPSA) is 48.7 Å². The molecule has 0 fully saturated rings. The summed E-state index contributed by atoms with van der Waals surface area (Å²) in [6, 6.07) is 10.9. The van der Waals surface area contributed by atoms with E-state index in [1.54, 1.807) is 23.1 Å². The van der Waals surface area contributed by atoms with Crippen LogP contribution in [0.25, 0.3) is 10.2 Å². The van der Waals surface area contributed by atoms with Crippen molar-refractivity contribution in [1.82, 2.24) is 10.3 Å². The van der Waals surface area contributed by atoms with Gasteiger partial charge in [-0.25, -0.2) is 4.98 Å². The lowest BCUT2D eigenvalue weighted by Crippen LogP contribution is -2.45. The Balaban J connectivity index is 1.93. The van der Waals surface area contributed by atoms with Gasteiger partial charge in [0.25, 0.3) is 0 Å². The molecule has 0 aliphatic heterocycles. The molecule has 0 radical (unpaired) electrons. The van der Waals surface area contributed by atoms with Crippen molar-refractivity contribution in [3.8, 4) is 6.07 Å². The Hall–Kier alpha value is -1.09. The number of fused-ring (bicyclic) bond motifs is 1. The Kier molecular flexibility index (Phi) is 5.03. The van der Waals surface area contributed by atoms with Crippen LogP contribution in [0.5, 0.6) is 0 Å². The molecule has 0 aliphatic carbocycles. The monoisotopic (exact) mass is 305 g/mol. The van der Waals surface area contributed by atoms with E-state index in [1.165, 1.54) is 4.70 Å². The maximum absolute atomic E-state index is 9.31. The number of benzene rings is 1. The van der Waals surface area contributed by atoms with E-state index in [-0.39, 0.29) is 0 Å². The molecule has 0 saturated carbocycles. The van der Waals surface area contributed by atoms with Gasteiger partial charge in [0.15, 0.2) is 4.34 Å². The fraction of sp³-hybridized carbons (Fsp3) is 0.467. The van der Waals surface area contributed by atoms with Crippen LogP contribution in [0, 0.1) is 11.3 Å². The molecule has 0 saturated heterocycles. The highest BCUT2D eigenvalue weighted by atomic mass is 32.2. The molecule has 1 atom stereocenters. The first-order valence-corrected chi connectivity index (χ1v) is 8.50. The Morgan fingerprint density at radius 1 is 1.45 bits per heavy atom. The van der Waals surface area contributed by atoms with Crippen molar-refractivity contribution in [2.24, 2.45) is 0 Å². The summed E-state index contributed by atoms with van der Waals surface area (Å²) < 4.78 is 2.30. The lowest BCUT2D eigenvalue weighted by Gasteiger charge is -2.25. The largest absolute Gasteiger partial charge is 0.297 e. The predicted octanol–water partition coefficient (Wildman–Crippen LogP) is 4.06. The van der Waals surface area contributed by atoms with E-state index in [9.17, 15) is 5.26 Å². The average Bonchev–Trinajstić information content (AvgIpc) is 2.80. The number of nitrogens with one attached hydrogen (secondary N) is 1. The van der Waals surface area contributed by atoms with E-state index in [1.807, 2.05) is 25.1 Å². The highest BCUT2D eigenvalue weighted by molar-refractivity contribution is 8.01. The fourth-order valence-corrected chi connectivity index (χ4v) is 4.35. The van der Waals surface area contributed by atoms with E-state index < -0.39 is 5.54 Å². The van der Waals surface area contributed by atoms with Crippen molar-refractivity contribution in [2.75, 3.05) is 5.75 Å². The van der Waals surface area contributed by atoms with Crippen LogP contribution in [-0.4, -0.2) is 22.3 Å². The van der Waals surface area contributed by atoms with Gasteiger partial charge in [0.2, 0.25) is 0 Å². The number of rotatable bonds is 6. The molecule has 0 aliphatic rings. The summed E-state index contributed by atoms with van der Waals surface area (Å²) in [5, 5.41) is 12.6. The molecule has 2 rings (SSSR count). The number of aromatic nitrogens is 1. The fourth-order valence-electron chi connectivity index (χ4n) is 2.05. The smallest absolute Gasteiger partial charge is 0.151 e. The lowest BCUT2D eigenvalue weighted by molar-refractivity contribution is 0.397. The minimum absolute atomic E-state index is 0.312. The van der Waals surface area contributed by atoms with Crippen LogP contribution in [0.2, 0.25) is 0 Å². The number of thioether (sulfide) groups is 1. The minimum Gasteiger partial charge on any atom is -0.297 e. The van der Waals surface area contributed by atoms with Crippen LogP contribution < -0.4 is 5.32 Å². The molecule has 1 heterocycles. The van der Waals surface area contributed by atoms with E-state index in [2.05, 4.69) is 36.3 Å². The molecule has 5 heteroatoms. The summed E-state index contributed by atoms with van der Waals surface area (Å²) >= 11 is 3.45. The first-order valence-electron chi connectivity index (χ1n) is 6.70. The molecule has 20 heavy (non-hydrogen) atoms. The Labute approximate surface area is 128 Å². The third-order valence-corrected chi connectivity index (χ3v) is 5.14. The SMILES string of the molecule is CC(C)NC(C)(C#N)CCSc1nc2ccccc2s1. The maximum atomic E-state index is 9.31. The van der Waals surface area contributed by atoms with Crippen LogP contribution in [0.1, 0.15) is 27.2 Å². The van der Waals surface area contributed by atoms with E-state index in [4.69, 9.17) is 0 Å². The van der Waals surface area contributed by atoms with Crippen LogP contribution >= 0.6 is 23.1 Å². The molecule has 1 unspecified atom stereocenters. The average molecular weight is 305 g/mol. The molecule has 0 amide bonds. The lowest BCUT2D eigenvalue weighted by atomic mass is 10.0. The van der Waals surface area contributed by atoms with Crippen molar-refractivity contribution in [3.05, 3.63) is 24.3 Å². The molecular formula is C15H19N3S2. The predicted molar refractivity (Wildman–Crippen MR) is 87.3 cm³/mol. The maximum Gasteiger partial charge on any atom is 0.151 e. The highest BCUT2D eigenvalue weighted by Gasteiger charge is 2.24. The summed E-state index contributed by atoms with van der Waals surface area (Å²) in [5.41, 5.74) is 0.598. The number of nitrogens with zero attached hydrogens (tertiary/aromatic N) is 2. The van der Waals surface area contributed by atoms with Gasteiger partial charge in [-0.05, 0) is 39.3 Å². The van der Waals surface area contributed by atoms with Gasteiger partial charge in [-0.1, -0.05) is 23.9 Å². The standard InChI is InChI=1S/C15H19N3S2/c1-11(2)18-15(3,10-16)8-9-19-14-17-12-6-4-5-7-13(12)20-14/h4-7,11,18H,8-9H2,1-3H3. The third kappa shape index (κ3) is 3.95. The van der Waals surface area contributed by atoms with E-state index in [0.29, 0.717) is 6.04 Å². The van der Waals surface area contributed by atoms with Crippen molar-refractivity contribution in [1.29, 1.82) is 5.26 Å². The van der Waals surface area contributed by atoms with Gasteiger partial charge < -0.3 is 0 Å². The second kappa shape index (κ2) is 6.57. The highest BCUT2D eigenvalue weighted by Crippen LogP contribution is 2.30. The molecule has 1 aromatic carbocycles. The van der Waals surface area contributed by atoms with Gasteiger partial charge in [0.1, 0.15) is 5.54 Å². The molecule has 1 aromatic heterocycles. The molecule has 3 nitrogen and oxygen atoms in total. The number of nitriles is 1. The summed E-state index contributed by atoms with van der Waals surface area (Å²) in [4.78, 5) is 4.60. The summed E-state index contributed by atoms with van der Waals surface area (Å²) in [6.45, 7) is 6.10. The Morgan fingerprint density at radius 2 is 2.20 bits per heavy atom. The zero-order valence-corrected chi connectivity index (χ0v) is 13.6. The number of hydrogen-bond acceptors (Lipinski definition) is 5. The quantitative estimate of drug-likeness (QED) is 0.818. The Morgan fingerprint density at radius 3 is 2.85 bits per heavy atom. The van der Waals surface area contributed by atoms with E-state index >= 15 is 0 Å². The van der Waals surface area contributed by atoms with E-state index in [0.717, 1.165) is 22.0 Å². The van der Waals surface area contributed by atoms with Gasteiger partial charge >= 0.3 is 0 Å². The number of para-hydroxylation sites is 1. The van der Waals surface area contributed by atoms with Crippen LogP contribution in [-0.2, 0) is 0 Å². The summed E-state index contributed by atoms with van der Waals surface area (Å²) in [7, 11) is 0. The second-order valence-electron chi connectivity index (χ2n) is 5.29. The van der Waals surface area contributed by atoms with Crippen LogP contribution in [0.3, 0.4) is 0 Å². The van der Waals surface area contributed by atoms with Gasteiger partial charge in [-0.3, -0.25) is 5.32 Å². The Bertz CT molecular complexity index is 582. The first kappa shape index (κ1) is 15.3. The zero-order chi connectivity index (χ0) is 14.6. The minimum atomic E-state index is -0.460.